The molecule has 0 saturated carbocycles. The van der Waals surface area contributed by atoms with E-state index in [-0.39, 0.29) is 24.3 Å². The first-order valence-corrected chi connectivity index (χ1v) is 7.60. The first-order chi connectivity index (χ1) is 10.6. The van der Waals surface area contributed by atoms with Gasteiger partial charge in [0.15, 0.2) is 0 Å². The summed E-state index contributed by atoms with van der Waals surface area (Å²) in [6.45, 7) is 15.6. The van der Waals surface area contributed by atoms with Crippen LogP contribution in [0.5, 0.6) is 0 Å². The van der Waals surface area contributed by atoms with E-state index in [1.807, 2.05) is 26.0 Å². The number of carbonyl (C=O) groups is 2. The molecule has 0 unspecified atom stereocenters. The quantitative estimate of drug-likeness (QED) is 0.461. The van der Waals surface area contributed by atoms with Crippen LogP contribution in [0.4, 0.5) is 0 Å². The zero-order valence-corrected chi connectivity index (χ0v) is 16.7. The average Bonchev–Trinajstić information content (AvgIpc) is 2.46. The average molecular weight is 365 g/mol. The Kier molecular flexibility index (Phi) is 18.9. The third kappa shape index (κ3) is 18.7. The standard InChI is InChI=1S/C9H17NO2.C8H15NO2.ClH/c1-5-10(4)6-7-12-9(11)8(2)3;1-7(2)8(10)11-6-5-9(3)4;/h2,5-7H2,1,3-4H3;1,5-6H2,2-4H3;1H. The second-order valence-electron chi connectivity index (χ2n) is 5.53. The van der Waals surface area contributed by atoms with Crippen molar-refractivity contribution in [3.05, 3.63) is 24.3 Å². The Labute approximate surface area is 152 Å². The van der Waals surface area contributed by atoms with Gasteiger partial charge in [0.25, 0.3) is 0 Å². The van der Waals surface area contributed by atoms with Crippen molar-refractivity contribution in [3.8, 4) is 0 Å². The Morgan fingerprint density at radius 3 is 1.54 bits per heavy atom. The molecule has 0 amide bonds. The summed E-state index contributed by atoms with van der Waals surface area (Å²) in [4.78, 5) is 25.7. The van der Waals surface area contributed by atoms with E-state index >= 15 is 0 Å². The summed E-state index contributed by atoms with van der Waals surface area (Å²) in [5, 5.41) is 0. The predicted molar refractivity (Wildman–Crippen MR) is 101 cm³/mol. The number of esters is 2. The van der Waals surface area contributed by atoms with Gasteiger partial charge in [0.2, 0.25) is 0 Å². The molecule has 0 aromatic carbocycles. The van der Waals surface area contributed by atoms with E-state index in [0.717, 1.165) is 19.6 Å². The highest BCUT2D eigenvalue weighted by Crippen LogP contribution is 1.92. The molecule has 0 bridgehead atoms. The van der Waals surface area contributed by atoms with Crippen LogP contribution in [0.25, 0.3) is 0 Å². The van der Waals surface area contributed by atoms with Crippen molar-refractivity contribution in [3.63, 3.8) is 0 Å². The van der Waals surface area contributed by atoms with E-state index in [9.17, 15) is 9.59 Å². The number of halogens is 1. The molecule has 6 nitrogen and oxygen atoms in total. The number of rotatable bonds is 9. The minimum absolute atomic E-state index is 0. The highest BCUT2D eigenvalue weighted by molar-refractivity contribution is 5.87. The molecule has 0 fully saturated rings. The molecule has 0 rings (SSSR count). The summed E-state index contributed by atoms with van der Waals surface area (Å²) < 4.78 is 9.73. The molecule has 0 aromatic heterocycles. The van der Waals surface area contributed by atoms with Crippen LogP contribution in [0.15, 0.2) is 24.3 Å². The van der Waals surface area contributed by atoms with Crippen LogP contribution in [0.1, 0.15) is 20.8 Å². The van der Waals surface area contributed by atoms with E-state index in [1.165, 1.54) is 0 Å². The van der Waals surface area contributed by atoms with Crippen LogP contribution in [0, 0.1) is 0 Å². The molecule has 0 atom stereocenters. The third-order valence-corrected chi connectivity index (χ3v) is 2.71. The Hall–Kier alpha value is -1.37. The van der Waals surface area contributed by atoms with E-state index in [4.69, 9.17) is 9.47 Å². The van der Waals surface area contributed by atoms with Crippen LogP contribution >= 0.6 is 12.4 Å². The lowest BCUT2D eigenvalue weighted by Gasteiger charge is -2.13. The normalized spacial score (nSPS) is 9.50. The van der Waals surface area contributed by atoms with E-state index in [0.29, 0.717) is 24.4 Å². The van der Waals surface area contributed by atoms with Gasteiger partial charge >= 0.3 is 11.9 Å². The van der Waals surface area contributed by atoms with Crippen molar-refractivity contribution in [1.29, 1.82) is 0 Å². The number of ether oxygens (including phenoxy) is 2. The summed E-state index contributed by atoms with van der Waals surface area (Å²) in [6.07, 6.45) is 0. The van der Waals surface area contributed by atoms with Crippen molar-refractivity contribution < 1.29 is 19.1 Å². The van der Waals surface area contributed by atoms with Gasteiger partial charge in [-0.1, -0.05) is 20.1 Å². The molecule has 24 heavy (non-hydrogen) atoms. The zero-order chi connectivity index (χ0) is 18.4. The number of likely N-dealkylation sites (N-methyl/N-ethyl adjacent to an activating group) is 2. The van der Waals surface area contributed by atoms with Gasteiger partial charge in [-0.05, 0) is 41.5 Å². The van der Waals surface area contributed by atoms with Crippen LogP contribution in [0.3, 0.4) is 0 Å². The lowest BCUT2D eigenvalue weighted by Crippen LogP contribution is -2.24. The van der Waals surface area contributed by atoms with Crippen molar-refractivity contribution >= 4 is 24.3 Å². The Bertz CT molecular complexity index is 398. The van der Waals surface area contributed by atoms with Crippen molar-refractivity contribution in [2.75, 3.05) is 54.0 Å². The second kappa shape index (κ2) is 16.5. The Morgan fingerprint density at radius 1 is 0.875 bits per heavy atom. The van der Waals surface area contributed by atoms with Crippen LogP contribution in [-0.2, 0) is 19.1 Å². The lowest BCUT2D eigenvalue weighted by atomic mass is 10.4. The molecule has 142 valence electrons. The molecule has 0 spiro atoms. The third-order valence-electron chi connectivity index (χ3n) is 2.71. The van der Waals surface area contributed by atoms with Gasteiger partial charge in [0, 0.05) is 24.2 Å². The van der Waals surface area contributed by atoms with Gasteiger partial charge in [-0.15, -0.1) is 12.4 Å². The maximum Gasteiger partial charge on any atom is 0.333 e. The molecule has 0 saturated heterocycles. The highest BCUT2D eigenvalue weighted by Gasteiger charge is 2.03. The molecular formula is C17H33ClN2O4. The number of nitrogens with zero attached hydrogens (tertiary/aromatic N) is 2. The number of hydrogen-bond donors (Lipinski definition) is 0. The first kappa shape index (κ1) is 27.5. The van der Waals surface area contributed by atoms with E-state index in [1.54, 1.807) is 13.8 Å². The molecule has 0 N–H and O–H groups in total. The predicted octanol–water partition coefficient (Wildman–Crippen LogP) is 2.15. The molecule has 0 aliphatic rings. The largest absolute Gasteiger partial charge is 0.461 e. The summed E-state index contributed by atoms with van der Waals surface area (Å²) in [6, 6.07) is 0. The number of hydrogen-bond acceptors (Lipinski definition) is 6. The monoisotopic (exact) mass is 364 g/mol. The van der Waals surface area contributed by atoms with Crippen LogP contribution < -0.4 is 0 Å². The van der Waals surface area contributed by atoms with Gasteiger partial charge in [-0.2, -0.15) is 0 Å². The topological polar surface area (TPSA) is 59.1 Å². The summed E-state index contributed by atoms with van der Waals surface area (Å²) >= 11 is 0. The van der Waals surface area contributed by atoms with Crippen LogP contribution in [-0.4, -0.2) is 75.7 Å². The molecule has 0 aliphatic heterocycles. The van der Waals surface area contributed by atoms with Gasteiger partial charge in [-0.25, -0.2) is 9.59 Å². The molecular weight excluding hydrogens is 332 g/mol. The molecule has 0 radical (unpaired) electrons. The molecule has 0 heterocycles. The first-order valence-electron chi connectivity index (χ1n) is 7.60. The smallest absolute Gasteiger partial charge is 0.333 e. The zero-order valence-electron chi connectivity index (χ0n) is 15.9. The minimum atomic E-state index is -0.313. The molecule has 7 heteroatoms. The maximum atomic E-state index is 10.9. The fourth-order valence-corrected chi connectivity index (χ4v) is 1.02. The van der Waals surface area contributed by atoms with E-state index in [2.05, 4.69) is 25.0 Å². The van der Waals surface area contributed by atoms with Crippen LogP contribution in [0.2, 0.25) is 0 Å². The Balaban J connectivity index is -0.000000354. The molecule has 0 aliphatic carbocycles. The van der Waals surface area contributed by atoms with Crippen molar-refractivity contribution in [1.82, 2.24) is 9.80 Å². The summed E-state index contributed by atoms with van der Waals surface area (Å²) in [5.74, 6) is -0.619. The number of carbonyl (C=O) groups excluding carboxylic acids is 2. The van der Waals surface area contributed by atoms with Gasteiger partial charge in [0.05, 0.1) is 0 Å². The SMILES string of the molecule is C=C(C)C(=O)OCCN(C)C.C=C(C)C(=O)OCCN(C)CC.Cl. The fourth-order valence-electron chi connectivity index (χ4n) is 1.02. The Morgan fingerprint density at radius 2 is 1.25 bits per heavy atom. The lowest BCUT2D eigenvalue weighted by molar-refractivity contribution is -0.140. The highest BCUT2D eigenvalue weighted by atomic mass is 35.5. The van der Waals surface area contributed by atoms with Gasteiger partial charge < -0.3 is 19.3 Å². The van der Waals surface area contributed by atoms with Gasteiger partial charge in [0.1, 0.15) is 13.2 Å². The maximum absolute atomic E-state index is 10.9. The molecule has 0 aromatic rings. The fraction of sp³-hybridized carbons (Fsp3) is 0.647. The van der Waals surface area contributed by atoms with Gasteiger partial charge in [-0.3, -0.25) is 0 Å². The van der Waals surface area contributed by atoms with Crippen molar-refractivity contribution in [2.24, 2.45) is 0 Å². The summed E-state index contributed by atoms with van der Waals surface area (Å²) in [7, 11) is 5.83. The second-order valence-corrected chi connectivity index (χ2v) is 5.53. The van der Waals surface area contributed by atoms with E-state index < -0.39 is 0 Å². The summed E-state index contributed by atoms with van der Waals surface area (Å²) in [5.41, 5.74) is 0.901. The minimum Gasteiger partial charge on any atom is -0.461 e. The van der Waals surface area contributed by atoms with Crippen molar-refractivity contribution in [2.45, 2.75) is 20.8 Å².